The molecule has 1 fully saturated rings. The highest BCUT2D eigenvalue weighted by molar-refractivity contribution is 5.95. The third-order valence-electron chi connectivity index (χ3n) is 5.36. The summed E-state index contributed by atoms with van der Waals surface area (Å²) in [6.45, 7) is 1.44. The van der Waals surface area contributed by atoms with Gasteiger partial charge in [0.2, 0.25) is 5.91 Å². The van der Waals surface area contributed by atoms with E-state index in [2.05, 4.69) is 40.6 Å². The molecule has 138 valence electrons. The van der Waals surface area contributed by atoms with Crippen LogP contribution in [0.1, 0.15) is 12.8 Å². The molecule has 0 atom stereocenters. The molecule has 1 aromatic heterocycles. The van der Waals surface area contributed by atoms with Gasteiger partial charge in [-0.15, -0.1) is 0 Å². The monoisotopic (exact) mass is 361 g/mol. The lowest BCUT2D eigenvalue weighted by molar-refractivity contribution is -0.130. The zero-order valence-electron chi connectivity index (χ0n) is 15.2. The van der Waals surface area contributed by atoms with Crippen LogP contribution < -0.4 is 11.1 Å². The van der Waals surface area contributed by atoms with Crippen molar-refractivity contribution in [2.24, 2.45) is 11.1 Å². The van der Waals surface area contributed by atoms with Gasteiger partial charge in [0.1, 0.15) is 5.82 Å². The molecule has 0 bridgehead atoms. The van der Waals surface area contributed by atoms with E-state index in [9.17, 15) is 4.79 Å². The Bertz CT molecular complexity index is 964. The van der Waals surface area contributed by atoms with Crippen molar-refractivity contribution < 1.29 is 9.53 Å². The Morgan fingerprint density at radius 3 is 2.59 bits per heavy atom. The summed E-state index contributed by atoms with van der Waals surface area (Å²) in [5, 5.41) is 5.32. The van der Waals surface area contributed by atoms with Crippen molar-refractivity contribution >= 4 is 22.5 Å². The van der Waals surface area contributed by atoms with Crippen molar-refractivity contribution in [1.29, 1.82) is 0 Å². The first-order chi connectivity index (χ1) is 13.2. The summed E-state index contributed by atoms with van der Waals surface area (Å²) < 4.78 is 5.39. The van der Waals surface area contributed by atoms with Crippen LogP contribution in [0.25, 0.3) is 22.0 Å². The number of carbonyl (C=O) groups is 1. The Labute approximate surface area is 158 Å². The minimum absolute atomic E-state index is 0.0727. The quantitative estimate of drug-likeness (QED) is 0.744. The summed E-state index contributed by atoms with van der Waals surface area (Å²) >= 11 is 0. The molecule has 2 heterocycles. The van der Waals surface area contributed by atoms with Gasteiger partial charge >= 0.3 is 0 Å². The van der Waals surface area contributed by atoms with Gasteiger partial charge in [-0.05, 0) is 41.8 Å². The maximum absolute atomic E-state index is 12.9. The van der Waals surface area contributed by atoms with E-state index >= 15 is 0 Å². The summed E-state index contributed by atoms with van der Waals surface area (Å²) in [7, 11) is 0. The van der Waals surface area contributed by atoms with Crippen molar-refractivity contribution in [3.05, 3.63) is 60.7 Å². The van der Waals surface area contributed by atoms with Crippen LogP contribution in [0.5, 0.6) is 0 Å². The number of hydrogen-bond acceptors (Lipinski definition) is 4. The zero-order chi connectivity index (χ0) is 18.7. The van der Waals surface area contributed by atoms with E-state index in [0.717, 1.165) is 16.6 Å². The molecular formula is C22H23N3O2. The Kier molecular flexibility index (Phi) is 4.88. The van der Waals surface area contributed by atoms with Crippen LogP contribution in [0.2, 0.25) is 0 Å². The molecule has 1 saturated heterocycles. The van der Waals surface area contributed by atoms with Gasteiger partial charge in [0.05, 0.1) is 11.1 Å². The molecule has 27 heavy (non-hydrogen) atoms. The van der Waals surface area contributed by atoms with E-state index in [4.69, 9.17) is 10.5 Å². The molecule has 2 aromatic carbocycles. The smallest absolute Gasteiger partial charge is 0.233 e. The predicted molar refractivity (Wildman–Crippen MR) is 107 cm³/mol. The van der Waals surface area contributed by atoms with Gasteiger partial charge < -0.3 is 15.8 Å². The number of nitrogens with two attached hydrogens (primary N) is 1. The Morgan fingerprint density at radius 2 is 1.81 bits per heavy atom. The molecule has 1 amide bonds. The first-order valence-corrected chi connectivity index (χ1v) is 9.26. The molecule has 5 nitrogen and oxygen atoms in total. The Hall–Kier alpha value is -2.76. The lowest BCUT2D eigenvalue weighted by Crippen LogP contribution is -2.46. The van der Waals surface area contributed by atoms with Gasteiger partial charge in [0.25, 0.3) is 0 Å². The maximum atomic E-state index is 12.9. The Morgan fingerprint density at radius 1 is 1.04 bits per heavy atom. The van der Waals surface area contributed by atoms with Crippen LogP contribution in [-0.2, 0) is 9.53 Å². The minimum Gasteiger partial charge on any atom is -0.381 e. The number of hydrogen-bond donors (Lipinski definition) is 2. The summed E-state index contributed by atoms with van der Waals surface area (Å²) in [6.07, 6.45) is 1.28. The molecule has 3 aromatic rings. The number of fused-ring (bicyclic) bond motifs is 1. The number of aromatic nitrogens is 1. The van der Waals surface area contributed by atoms with Gasteiger partial charge in [-0.1, -0.05) is 42.5 Å². The molecule has 1 aliphatic rings. The topological polar surface area (TPSA) is 77.2 Å². The normalized spacial score (nSPS) is 16.2. The van der Waals surface area contributed by atoms with Crippen molar-refractivity contribution in [2.75, 3.05) is 25.1 Å². The zero-order valence-corrected chi connectivity index (χ0v) is 15.2. The van der Waals surface area contributed by atoms with Crippen molar-refractivity contribution in [1.82, 2.24) is 4.98 Å². The first kappa shape index (κ1) is 17.6. The molecule has 4 rings (SSSR count). The summed E-state index contributed by atoms with van der Waals surface area (Å²) in [6, 6.07) is 20.1. The minimum atomic E-state index is -0.571. The molecule has 0 radical (unpaired) electrons. The molecule has 5 heteroatoms. The van der Waals surface area contributed by atoms with Crippen molar-refractivity contribution in [3.63, 3.8) is 0 Å². The van der Waals surface area contributed by atoms with Crippen molar-refractivity contribution in [2.45, 2.75) is 12.8 Å². The third-order valence-corrected chi connectivity index (χ3v) is 5.36. The van der Waals surface area contributed by atoms with Gasteiger partial charge in [-0.25, -0.2) is 4.98 Å². The fraction of sp³-hybridized carbons (Fsp3) is 0.273. The van der Waals surface area contributed by atoms with Gasteiger partial charge in [0.15, 0.2) is 0 Å². The van der Waals surface area contributed by atoms with E-state index in [1.54, 1.807) is 0 Å². The number of ether oxygens (including phenoxy) is 1. The van der Waals surface area contributed by atoms with Crippen LogP contribution in [0.4, 0.5) is 5.82 Å². The SMILES string of the molecule is NCC1(C(=O)Nc2cccc(-c3ccc4ccccc4c3)n2)CCOCC1. The summed E-state index contributed by atoms with van der Waals surface area (Å²) in [5.41, 5.74) is 7.20. The number of benzene rings is 2. The van der Waals surface area contributed by atoms with Gasteiger partial charge in [-0.2, -0.15) is 0 Å². The largest absolute Gasteiger partial charge is 0.381 e. The third kappa shape index (κ3) is 3.56. The molecular weight excluding hydrogens is 338 g/mol. The fourth-order valence-electron chi connectivity index (χ4n) is 3.55. The summed E-state index contributed by atoms with van der Waals surface area (Å²) in [5.74, 6) is 0.474. The second-order valence-corrected chi connectivity index (χ2v) is 7.02. The number of nitrogens with zero attached hydrogens (tertiary/aromatic N) is 1. The number of rotatable bonds is 4. The number of anilines is 1. The second kappa shape index (κ2) is 7.47. The highest BCUT2D eigenvalue weighted by Crippen LogP contribution is 2.31. The van der Waals surface area contributed by atoms with E-state index in [1.165, 1.54) is 5.39 Å². The molecule has 0 spiro atoms. The van der Waals surface area contributed by atoms with E-state index in [-0.39, 0.29) is 5.91 Å². The molecule has 3 N–H and O–H groups in total. The van der Waals surface area contributed by atoms with Crippen molar-refractivity contribution in [3.8, 4) is 11.3 Å². The first-order valence-electron chi connectivity index (χ1n) is 9.26. The van der Waals surface area contributed by atoms with Crippen LogP contribution in [0.3, 0.4) is 0 Å². The van der Waals surface area contributed by atoms with Crippen LogP contribution in [0.15, 0.2) is 60.7 Å². The highest BCUT2D eigenvalue weighted by atomic mass is 16.5. The molecule has 1 aliphatic heterocycles. The lowest BCUT2D eigenvalue weighted by atomic mass is 9.79. The number of amides is 1. The van der Waals surface area contributed by atoms with Gasteiger partial charge in [-0.3, -0.25) is 4.79 Å². The second-order valence-electron chi connectivity index (χ2n) is 7.02. The standard InChI is InChI=1S/C22H23N3O2/c23-15-22(10-12-27-13-11-22)21(26)25-20-7-3-6-19(24-20)18-9-8-16-4-1-2-5-17(16)14-18/h1-9,14H,10-13,15,23H2,(H,24,25,26). The average molecular weight is 361 g/mol. The highest BCUT2D eigenvalue weighted by Gasteiger charge is 2.38. The molecule has 0 saturated carbocycles. The van der Waals surface area contributed by atoms with Crippen LogP contribution >= 0.6 is 0 Å². The fourth-order valence-corrected chi connectivity index (χ4v) is 3.55. The van der Waals surface area contributed by atoms with Gasteiger partial charge in [0, 0.05) is 25.3 Å². The van der Waals surface area contributed by atoms with E-state index in [0.29, 0.717) is 38.4 Å². The number of nitrogens with one attached hydrogen (secondary N) is 1. The van der Waals surface area contributed by atoms with E-state index in [1.807, 2.05) is 30.3 Å². The maximum Gasteiger partial charge on any atom is 0.233 e. The molecule has 0 unspecified atom stereocenters. The number of pyridine rings is 1. The van der Waals surface area contributed by atoms with Crippen LogP contribution in [-0.4, -0.2) is 30.6 Å². The average Bonchev–Trinajstić information content (AvgIpc) is 2.74. The van der Waals surface area contributed by atoms with Crippen LogP contribution in [0, 0.1) is 5.41 Å². The summed E-state index contributed by atoms with van der Waals surface area (Å²) in [4.78, 5) is 17.5. The van der Waals surface area contributed by atoms with E-state index < -0.39 is 5.41 Å². The lowest BCUT2D eigenvalue weighted by Gasteiger charge is -2.34. The number of carbonyl (C=O) groups excluding carboxylic acids is 1. The predicted octanol–water partition coefficient (Wildman–Crippen LogP) is 3.60. The molecule has 0 aliphatic carbocycles. The Balaban J connectivity index is 1.59.